The van der Waals surface area contributed by atoms with E-state index in [1.807, 2.05) is 30.3 Å². The average Bonchev–Trinajstić information content (AvgIpc) is 2.76. The number of hydrogen-bond donors (Lipinski definition) is 1. The van der Waals surface area contributed by atoms with Gasteiger partial charge in [0.05, 0.1) is 5.60 Å². The van der Waals surface area contributed by atoms with Gasteiger partial charge in [-0.1, -0.05) is 37.3 Å². The molecule has 1 aromatic rings. The average molecular weight is 219 g/mol. The van der Waals surface area contributed by atoms with Crippen LogP contribution >= 0.6 is 0 Å². The first-order valence-corrected chi connectivity index (χ1v) is 6.13. The predicted molar refractivity (Wildman–Crippen MR) is 66.2 cm³/mol. The summed E-state index contributed by atoms with van der Waals surface area (Å²) < 4.78 is 0. The fourth-order valence-corrected chi connectivity index (χ4v) is 2.78. The molecule has 1 aromatic carbocycles. The lowest BCUT2D eigenvalue weighted by atomic mass is 9.79. The Morgan fingerprint density at radius 2 is 2.06 bits per heavy atom. The highest BCUT2D eigenvalue weighted by Crippen LogP contribution is 2.37. The van der Waals surface area contributed by atoms with Crippen molar-refractivity contribution in [1.82, 2.24) is 4.90 Å². The van der Waals surface area contributed by atoms with Crippen LogP contribution in [0.1, 0.15) is 25.3 Å². The van der Waals surface area contributed by atoms with E-state index in [-0.39, 0.29) is 0 Å². The van der Waals surface area contributed by atoms with Crippen molar-refractivity contribution < 1.29 is 5.11 Å². The SMILES string of the molecule is CC[C@@](O)(c1ccccc1)[C@H]1CCN(C)C1. The van der Waals surface area contributed by atoms with Crippen molar-refractivity contribution in [2.75, 3.05) is 20.1 Å². The highest BCUT2D eigenvalue weighted by Gasteiger charge is 2.39. The zero-order valence-corrected chi connectivity index (χ0v) is 10.2. The topological polar surface area (TPSA) is 23.5 Å². The van der Waals surface area contributed by atoms with Crippen molar-refractivity contribution in [2.45, 2.75) is 25.4 Å². The van der Waals surface area contributed by atoms with Crippen LogP contribution in [-0.2, 0) is 5.60 Å². The Kier molecular flexibility index (Phi) is 3.31. The molecule has 16 heavy (non-hydrogen) atoms. The molecule has 1 N–H and O–H groups in total. The van der Waals surface area contributed by atoms with Crippen LogP contribution in [0.5, 0.6) is 0 Å². The van der Waals surface area contributed by atoms with Crippen LogP contribution in [0, 0.1) is 5.92 Å². The van der Waals surface area contributed by atoms with Crippen LogP contribution in [0.3, 0.4) is 0 Å². The van der Waals surface area contributed by atoms with E-state index in [0.29, 0.717) is 5.92 Å². The summed E-state index contributed by atoms with van der Waals surface area (Å²) in [6, 6.07) is 10.1. The van der Waals surface area contributed by atoms with E-state index in [1.165, 1.54) is 0 Å². The van der Waals surface area contributed by atoms with Crippen molar-refractivity contribution in [3.63, 3.8) is 0 Å². The van der Waals surface area contributed by atoms with E-state index >= 15 is 0 Å². The van der Waals surface area contributed by atoms with Gasteiger partial charge < -0.3 is 10.0 Å². The van der Waals surface area contributed by atoms with Gasteiger partial charge >= 0.3 is 0 Å². The number of rotatable bonds is 3. The second-order valence-corrected chi connectivity index (χ2v) is 4.89. The fraction of sp³-hybridized carbons (Fsp3) is 0.571. The zero-order valence-electron chi connectivity index (χ0n) is 10.2. The highest BCUT2D eigenvalue weighted by molar-refractivity contribution is 5.23. The Hall–Kier alpha value is -0.860. The Balaban J connectivity index is 2.26. The van der Waals surface area contributed by atoms with Crippen molar-refractivity contribution in [2.24, 2.45) is 5.92 Å². The molecule has 0 amide bonds. The molecule has 1 aliphatic heterocycles. The van der Waals surface area contributed by atoms with E-state index in [4.69, 9.17) is 0 Å². The summed E-state index contributed by atoms with van der Waals surface area (Å²) in [5.41, 5.74) is 0.421. The van der Waals surface area contributed by atoms with Crippen LogP contribution in [-0.4, -0.2) is 30.1 Å². The molecule has 1 fully saturated rings. The maximum absolute atomic E-state index is 10.9. The lowest BCUT2D eigenvalue weighted by molar-refractivity contribution is -0.0234. The Morgan fingerprint density at radius 3 is 2.56 bits per heavy atom. The van der Waals surface area contributed by atoms with E-state index in [9.17, 15) is 5.11 Å². The van der Waals surface area contributed by atoms with Gasteiger partial charge in [-0.05, 0) is 32.0 Å². The summed E-state index contributed by atoms with van der Waals surface area (Å²) in [5.74, 6) is 0.366. The maximum atomic E-state index is 10.9. The lowest BCUT2D eigenvalue weighted by Crippen LogP contribution is -2.36. The van der Waals surface area contributed by atoms with Gasteiger partial charge in [0.1, 0.15) is 0 Å². The first-order chi connectivity index (χ1) is 7.66. The first-order valence-electron chi connectivity index (χ1n) is 6.13. The molecule has 0 saturated carbocycles. The summed E-state index contributed by atoms with van der Waals surface area (Å²) in [4.78, 5) is 2.30. The van der Waals surface area contributed by atoms with Gasteiger partial charge in [0.15, 0.2) is 0 Å². The van der Waals surface area contributed by atoms with Gasteiger partial charge in [0, 0.05) is 12.5 Å². The van der Waals surface area contributed by atoms with Crippen LogP contribution in [0.15, 0.2) is 30.3 Å². The van der Waals surface area contributed by atoms with E-state index in [2.05, 4.69) is 18.9 Å². The largest absolute Gasteiger partial charge is 0.385 e. The van der Waals surface area contributed by atoms with Gasteiger partial charge in [-0.3, -0.25) is 0 Å². The van der Waals surface area contributed by atoms with Gasteiger partial charge in [0.25, 0.3) is 0 Å². The molecular formula is C14H21NO. The molecule has 0 aliphatic carbocycles. The fourth-order valence-electron chi connectivity index (χ4n) is 2.78. The molecule has 2 atom stereocenters. The molecule has 0 aromatic heterocycles. The van der Waals surface area contributed by atoms with E-state index in [0.717, 1.165) is 31.5 Å². The van der Waals surface area contributed by atoms with Crippen LogP contribution < -0.4 is 0 Å². The second kappa shape index (κ2) is 4.56. The van der Waals surface area contributed by atoms with Crippen LogP contribution in [0.25, 0.3) is 0 Å². The Morgan fingerprint density at radius 1 is 1.38 bits per heavy atom. The summed E-state index contributed by atoms with van der Waals surface area (Å²) in [5, 5.41) is 10.9. The van der Waals surface area contributed by atoms with Crippen molar-refractivity contribution in [3.05, 3.63) is 35.9 Å². The third-order valence-electron chi connectivity index (χ3n) is 3.88. The molecule has 1 saturated heterocycles. The zero-order chi connectivity index (χ0) is 11.6. The molecule has 2 heteroatoms. The van der Waals surface area contributed by atoms with E-state index in [1.54, 1.807) is 0 Å². The second-order valence-electron chi connectivity index (χ2n) is 4.89. The number of benzene rings is 1. The monoisotopic (exact) mass is 219 g/mol. The van der Waals surface area contributed by atoms with Gasteiger partial charge in [0.2, 0.25) is 0 Å². The van der Waals surface area contributed by atoms with Crippen LogP contribution in [0.2, 0.25) is 0 Å². The lowest BCUT2D eigenvalue weighted by Gasteiger charge is -2.33. The quantitative estimate of drug-likeness (QED) is 0.842. The maximum Gasteiger partial charge on any atom is 0.0934 e. The standard InChI is InChI=1S/C14H21NO/c1-3-14(16,12-7-5-4-6-8-12)13-9-10-15(2)11-13/h4-8,13,16H,3,9-11H2,1-2H3/t13-,14+/m0/s1. The molecule has 1 heterocycles. The Bertz CT molecular complexity index is 338. The van der Waals surface area contributed by atoms with Crippen molar-refractivity contribution in [1.29, 1.82) is 0 Å². The molecule has 0 spiro atoms. The smallest absolute Gasteiger partial charge is 0.0934 e. The molecule has 0 radical (unpaired) electrons. The van der Waals surface area contributed by atoms with Gasteiger partial charge in [-0.2, -0.15) is 0 Å². The molecule has 2 rings (SSSR count). The summed E-state index contributed by atoms with van der Waals surface area (Å²) in [6.07, 6.45) is 1.88. The number of likely N-dealkylation sites (tertiary alicyclic amines) is 1. The van der Waals surface area contributed by atoms with Gasteiger partial charge in [-0.25, -0.2) is 0 Å². The third-order valence-corrected chi connectivity index (χ3v) is 3.88. The normalized spacial score (nSPS) is 25.6. The third kappa shape index (κ3) is 2.00. The number of aliphatic hydroxyl groups is 1. The molecular weight excluding hydrogens is 198 g/mol. The molecule has 2 nitrogen and oxygen atoms in total. The predicted octanol–water partition coefficient (Wildman–Crippen LogP) is 2.24. The van der Waals surface area contributed by atoms with Gasteiger partial charge in [-0.15, -0.1) is 0 Å². The minimum atomic E-state index is -0.647. The molecule has 88 valence electrons. The summed E-state index contributed by atoms with van der Waals surface area (Å²) >= 11 is 0. The van der Waals surface area contributed by atoms with E-state index < -0.39 is 5.60 Å². The molecule has 1 aliphatic rings. The summed E-state index contributed by atoms with van der Waals surface area (Å²) in [7, 11) is 2.13. The minimum absolute atomic E-state index is 0.366. The Labute approximate surface area is 97.9 Å². The number of hydrogen-bond acceptors (Lipinski definition) is 2. The summed E-state index contributed by atoms with van der Waals surface area (Å²) in [6.45, 7) is 4.17. The minimum Gasteiger partial charge on any atom is -0.385 e. The highest BCUT2D eigenvalue weighted by atomic mass is 16.3. The first kappa shape index (κ1) is 11.6. The van der Waals surface area contributed by atoms with Crippen LogP contribution in [0.4, 0.5) is 0 Å². The van der Waals surface area contributed by atoms with Crippen molar-refractivity contribution in [3.8, 4) is 0 Å². The van der Waals surface area contributed by atoms with Crippen molar-refractivity contribution >= 4 is 0 Å². The molecule has 0 bridgehead atoms. The number of nitrogens with zero attached hydrogens (tertiary/aromatic N) is 1. The molecule has 0 unspecified atom stereocenters.